The lowest BCUT2D eigenvalue weighted by molar-refractivity contribution is 0.226. The second kappa shape index (κ2) is 6.03. The predicted molar refractivity (Wildman–Crippen MR) is 72.7 cm³/mol. The number of halogens is 1. The zero-order chi connectivity index (χ0) is 13.0. The number of likely N-dealkylation sites (tertiary alicyclic amines) is 1. The normalized spacial score (nSPS) is 20.4. The highest BCUT2D eigenvalue weighted by atomic mass is 35.5. The molecule has 1 N–H and O–H groups in total. The van der Waals surface area contributed by atoms with Gasteiger partial charge in [-0.2, -0.15) is 5.26 Å². The Bertz CT molecular complexity index is 455. The lowest BCUT2D eigenvalue weighted by Crippen LogP contribution is -2.41. The van der Waals surface area contributed by atoms with Gasteiger partial charge in [-0.25, -0.2) is 4.98 Å². The first-order chi connectivity index (χ1) is 8.71. The Morgan fingerprint density at radius 3 is 3.17 bits per heavy atom. The zero-order valence-electron chi connectivity index (χ0n) is 10.5. The van der Waals surface area contributed by atoms with Crippen LogP contribution in [0.3, 0.4) is 0 Å². The van der Waals surface area contributed by atoms with Gasteiger partial charge in [0.15, 0.2) is 0 Å². The van der Waals surface area contributed by atoms with Gasteiger partial charge in [-0.05, 0) is 38.1 Å². The monoisotopic (exact) mass is 264 g/mol. The van der Waals surface area contributed by atoms with E-state index in [-0.39, 0.29) is 0 Å². The van der Waals surface area contributed by atoms with E-state index in [2.05, 4.69) is 28.2 Å². The molecule has 4 nitrogen and oxygen atoms in total. The quantitative estimate of drug-likeness (QED) is 0.853. The first-order valence-corrected chi connectivity index (χ1v) is 6.65. The lowest BCUT2D eigenvalue weighted by Gasteiger charge is -2.32. The Morgan fingerprint density at radius 1 is 1.61 bits per heavy atom. The number of pyridine rings is 1. The number of nitrogens with zero attached hydrogens (tertiary/aromatic N) is 3. The first kappa shape index (κ1) is 13.1. The molecule has 96 valence electrons. The number of nitriles is 1. The number of likely N-dealkylation sites (N-methyl/N-ethyl adjacent to an activating group) is 1. The van der Waals surface area contributed by atoms with Crippen molar-refractivity contribution >= 4 is 17.4 Å². The van der Waals surface area contributed by atoms with Gasteiger partial charge < -0.3 is 10.2 Å². The fourth-order valence-electron chi connectivity index (χ4n) is 2.31. The van der Waals surface area contributed by atoms with Crippen LogP contribution < -0.4 is 5.32 Å². The summed E-state index contributed by atoms with van der Waals surface area (Å²) in [6, 6.07) is 5.80. The summed E-state index contributed by atoms with van der Waals surface area (Å²) >= 11 is 5.89. The van der Waals surface area contributed by atoms with Crippen molar-refractivity contribution in [2.24, 2.45) is 0 Å². The maximum atomic E-state index is 8.90. The van der Waals surface area contributed by atoms with E-state index < -0.39 is 0 Å². The minimum absolute atomic E-state index is 0.361. The van der Waals surface area contributed by atoms with Crippen molar-refractivity contribution in [2.75, 3.05) is 25.0 Å². The molecule has 1 aliphatic rings. The molecule has 1 aliphatic heterocycles. The molecule has 18 heavy (non-hydrogen) atoms. The number of aromatic nitrogens is 1. The molecule has 2 rings (SSSR count). The van der Waals surface area contributed by atoms with Crippen molar-refractivity contribution in [3.63, 3.8) is 0 Å². The molecule has 1 saturated heterocycles. The van der Waals surface area contributed by atoms with Gasteiger partial charge in [-0.1, -0.05) is 18.5 Å². The molecule has 1 aromatic heterocycles. The van der Waals surface area contributed by atoms with Crippen LogP contribution in [-0.4, -0.2) is 35.6 Å². The molecule has 0 radical (unpaired) electrons. The molecule has 2 heterocycles. The average Bonchev–Trinajstić information content (AvgIpc) is 2.38. The van der Waals surface area contributed by atoms with Crippen LogP contribution in [0.25, 0.3) is 0 Å². The van der Waals surface area contributed by atoms with Crippen LogP contribution >= 0.6 is 11.6 Å². The fraction of sp³-hybridized carbons (Fsp3) is 0.538. The van der Waals surface area contributed by atoms with Crippen molar-refractivity contribution < 1.29 is 0 Å². The highest BCUT2D eigenvalue weighted by Gasteiger charge is 2.18. The summed E-state index contributed by atoms with van der Waals surface area (Å²) in [6.07, 6.45) is 2.32. The van der Waals surface area contributed by atoms with Gasteiger partial charge in [0.2, 0.25) is 0 Å². The molecule has 1 fully saturated rings. The molecule has 0 amide bonds. The summed E-state index contributed by atoms with van der Waals surface area (Å²) in [4.78, 5) is 6.63. The first-order valence-electron chi connectivity index (χ1n) is 6.28. The molecule has 1 atom stereocenters. The number of rotatable bonds is 3. The van der Waals surface area contributed by atoms with Crippen LogP contribution in [0, 0.1) is 11.3 Å². The van der Waals surface area contributed by atoms with Gasteiger partial charge in [0.05, 0.1) is 11.6 Å². The van der Waals surface area contributed by atoms with Crippen molar-refractivity contribution in [1.29, 1.82) is 5.26 Å². The molecular formula is C13H17ClN4. The summed E-state index contributed by atoms with van der Waals surface area (Å²) in [6.45, 7) is 5.44. The third-order valence-corrected chi connectivity index (χ3v) is 3.42. The van der Waals surface area contributed by atoms with E-state index >= 15 is 0 Å². The second-order valence-corrected chi connectivity index (χ2v) is 4.94. The SMILES string of the molecule is CCN1CCCC(Nc2cc(C#N)cc(Cl)n2)C1. The van der Waals surface area contributed by atoms with Crippen molar-refractivity contribution in [3.05, 3.63) is 22.8 Å². The molecule has 1 unspecified atom stereocenters. The fourth-order valence-corrected chi connectivity index (χ4v) is 2.51. The maximum Gasteiger partial charge on any atom is 0.132 e. The van der Waals surface area contributed by atoms with Gasteiger partial charge in [0.25, 0.3) is 0 Å². The standard InChI is InChI=1S/C13H17ClN4/c1-2-18-5-3-4-11(9-18)16-13-7-10(8-15)6-12(14)17-13/h6-7,11H,2-5,9H2,1H3,(H,16,17). The molecule has 0 saturated carbocycles. The average molecular weight is 265 g/mol. The van der Waals surface area contributed by atoms with Crippen LogP contribution in [0.2, 0.25) is 5.15 Å². The van der Waals surface area contributed by atoms with Crippen LogP contribution in [-0.2, 0) is 0 Å². The molecule has 0 aromatic carbocycles. The third kappa shape index (κ3) is 3.34. The second-order valence-electron chi connectivity index (χ2n) is 4.55. The molecular weight excluding hydrogens is 248 g/mol. The Hall–Kier alpha value is -1.31. The molecule has 0 bridgehead atoms. The van der Waals surface area contributed by atoms with Crippen molar-refractivity contribution in [2.45, 2.75) is 25.8 Å². The largest absolute Gasteiger partial charge is 0.366 e. The van der Waals surface area contributed by atoms with Crippen LogP contribution in [0.4, 0.5) is 5.82 Å². The maximum absolute atomic E-state index is 8.90. The third-order valence-electron chi connectivity index (χ3n) is 3.23. The van der Waals surface area contributed by atoms with Crippen LogP contribution in [0.5, 0.6) is 0 Å². The van der Waals surface area contributed by atoms with Gasteiger partial charge in [-0.15, -0.1) is 0 Å². The van der Waals surface area contributed by atoms with Gasteiger partial charge in [-0.3, -0.25) is 0 Å². The zero-order valence-corrected chi connectivity index (χ0v) is 11.2. The highest BCUT2D eigenvalue weighted by Crippen LogP contribution is 2.18. The van der Waals surface area contributed by atoms with Crippen molar-refractivity contribution in [3.8, 4) is 6.07 Å². The van der Waals surface area contributed by atoms with Gasteiger partial charge in [0.1, 0.15) is 11.0 Å². The topological polar surface area (TPSA) is 52.0 Å². The van der Waals surface area contributed by atoms with E-state index in [1.54, 1.807) is 12.1 Å². The van der Waals surface area contributed by atoms with Crippen LogP contribution in [0.15, 0.2) is 12.1 Å². The number of hydrogen-bond acceptors (Lipinski definition) is 4. The summed E-state index contributed by atoms with van der Waals surface area (Å²) in [7, 11) is 0. The van der Waals surface area contributed by atoms with E-state index in [1.807, 2.05) is 0 Å². The van der Waals surface area contributed by atoms with E-state index in [1.165, 1.54) is 13.0 Å². The van der Waals surface area contributed by atoms with Gasteiger partial charge >= 0.3 is 0 Å². The summed E-state index contributed by atoms with van der Waals surface area (Å²) in [5, 5.41) is 12.6. The smallest absolute Gasteiger partial charge is 0.132 e. The van der Waals surface area contributed by atoms with E-state index in [9.17, 15) is 0 Å². The Morgan fingerprint density at radius 2 is 2.44 bits per heavy atom. The number of anilines is 1. The Kier molecular flexibility index (Phi) is 4.40. The van der Waals surface area contributed by atoms with E-state index in [4.69, 9.17) is 16.9 Å². The van der Waals surface area contributed by atoms with E-state index in [0.717, 1.165) is 19.5 Å². The number of piperidine rings is 1. The Balaban J connectivity index is 2.05. The Labute approximate surface area is 113 Å². The molecule has 5 heteroatoms. The van der Waals surface area contributed by atoms with Crippen LogP contribution in [0.1, 0.15) is 25.3 Å². The minimum atomic E-state index is 0.361. The highest BCUT2D eigenvalue weighted by molar-refractivity contribution is 6.29. The lowest BCUT2D eigenvalue weighted by atomic mass is 10.1. The van der Waals surface area contributed by atoms with E-state index in [0.29, 0.717) is 22.6 Å². The summed E-state index contributed by atoms with van der Waals surface area (Å²) < 4.78 is 0. The summed E-state index contributed by atoms with van der Waals surface area (Å²) in [5.41, 5.74) is 0.542. The molecule has 0 aliphatic carbocycles. The number of hydrogen-bond donors (Lipinski definition) is 1. The van der Waals surface area contributed by atoms with Crippen molar-refractivity contribution in [1.82, 2.24) is 9.88 Å². The van der Waals surface area contributed by atoms with Gasteiger partial charge in [0, 0.05) is 12.6 Å². The minimum Gasteiger partial charge on any atom is -0.366 e. The predicted octanol–water partition coefficient (Wildman–Crippen LogP) is 2.50. The molecule has 1 aromatic rings. The number of nitrogens with one attached hydrogen (secondary N) is 1. The molecule has 0 spiro atoms. The summed E-state index contributed by atoms with van der Waals surface area (Å²) in [5.74, 6) is 0.696.